The molecule has 30 heavy (non-hydrogen) atoms. The third-order valence-corrected chi connectivity index (χ3v) is 13.6. The van der Waals surface area contributed by atoms with Crippen LogP contribution in [0.15, 0.2) is 60.7 Å². The van der Waals surface area contributed by atoms with Crippen LogP contribution >= 0.6 is 0 Å². The summed E-state index contributed by atoms with van der Waals surface area (Å²) in [6.07, 6.45) is 2.54. The Kier molecular flexibility index (Phi) is 5.14. The zero-order valence-corrected chi connectivity index (χ0v) is 20.4. The first kappa shape index (κ1) is 21.5. The Balaban J connectivity index is 1.84. The molecule has 0 aliphatic heterocycles. The predicted molar refractivity (Wildman–Crippen MR) is 127 cm³/mol. The molecule has 2 saturated carbocycles. The van der Waals surface area contributed by atoms with Crippen molar-refractivity contribution in [1.82, 2.24) is 0 Å². The average Bonchev–Trinajstić information content (AvgIpc) is 3.03. The molecule has 0 aromatic heterocycles. The Morgan fingerprint density at radius 3 is 1.83 bits per heavy atom. The molecule has 2 aliphatic rings. The van der Waals surface area contributed by atoms with Crippen LogP contribution in [0.3, 0.4) is 0 Å². The number of carbonyl (C=O) groups excluding carboxylic acids is 1. The molecular weight excluding hydrogens is 384 g/mol. The fraction of sp³-hybridized carbons (Fsp3) is 0.519. The van der Waals surface area contributed by atoms with E-state index in [1.807, 2.05) is 0 Å². The minimum absolute atomic E-state index is 0.0231. The van der Waals surface area contributed by atoms with Crippen LogP contribution in [0.1, 0.15) is 60.8 Å². The van der Waals surface area contributed by atoms with Gasteiger partial charge in [0.15, 0.2) is 0 Å². The molecular formula is C27H36O2Si. The van der Waals surface area contributed by atoms with Gasteiger partial charge in [0.1, 0.15) is 5.78 Å². The van der Waals surface area contributed by atoms with Gasteiger partial charge < -0.3 is 4.43 Å². The van der Waals surface area contributed by atoms with Crippen molar-refractivity contribution >= 4 is 24.5 Å². The highest BCUT2D eigenvalue weighted by molar-refractivity contribution is 6.99. The van der Waals surface area contributed by atoms with E-state index in [-0.39, 0.29) is 22.0 Å². The van der Waals surface area contributed by atoms with Crippen molar-refractivity contribution in [3.63, 3.8) is 0 Å². The fourth-order valence-corrected chi connectivity index (χ4v) is 11.2. The third kappa shape index (κ3) is 3.05. The molecule has 2 aromatic rings. The fourth-order valence-electron chi connectivity index (χ4n) is 6.43. The van der Waals surface area contributed by atoms with Gasteiger partial charge in [0, 0.05) is 18.9 Å². The van der Waals surface area contributed by atoms with Crippen LogP contribution in [0, 0.1) is 16.7 Å². The number of ketones is 1. The molecule has 0 heterocycles. The Hall–Kier alpha value is -1.71. The first-order chi connectivity index (χ1) is 14.0. The number of rotatable bonds is 4. The first-order valence-corrected chi connectivity index (χ1v) is 13.2. The summed E-state index contributed by atoms with van der Waals surface area (Å²) < 4.78 is 7.48. The number of fused-ring (bicyclic) bond motifs is 1. The van der Waals surface area contributed by atoms with Crippen LogP contribution in [0.5, 0.6) is 0 Å². The normalized spacial score (nSPS) is 31.7. The average molecular weight is 421 g/mol. The van der Waals surface area contributed by atoms with Gasteiger partial charge in [-0.1, -0.05) is 102 Å². The van der Waals surface area contributed by atoms with Crippen LogP contribution in [-0.4, -0.2) is 20.2 Å². The molecule has 2 aromatic carbocycles. The standard InChI is InChI=1S/C27H36O2Si/c1-20-24(19-26(5)17-21(28)18-27(20,26)6)29-30(25(2,3)4,22-13-9-7-10-14-22)23-15-11-8-12-16-23/h7-16,20,24H,17-19H2,1-6H3/t20-,24+,26-,27+/m0/s1. The van der Waals surface area contributed by atoms with Crippen molar-refractivity contribution in [2.45, 2.75) is 71.9 Å². The number of benzene rings is 2. The van der Waals surface area contributed by atoms with E-state index < -0.39 is 8.32 Å². The maximum atomic E-state index is 12.4. The molecule has 4 atom stereocenters. The molecule has 2 fully saturated rings. The number of hydrogen-bond donors (Lipinski definition) is 0. The van der Waals surface area contributed by atoms with E-state index in [0.29, 0.717) is 24.5 Å². The highest BCUT2D eigenvalue weighted by Gasteiger charge is 2.64. The van der Waals surface area contributed by atoms with Crippen molar-refractivity contribution in [3.8, 4) is 0 Å². The molecule has 0 unspecified atom stereocenters. The van der Waals surface area contributed by atoms with E-state index >= 15 is 0 Å². The van der Waals surface area contributed by atoms with Crippen LogP contribution in [-0.2, 0) is 9.22 Å². The SMILES string of the molecule is C[C@H]1[C@H](O[Si](c2ccccc2)(c2ccccc2)C(C)(C)C)C[C@]2(C)CC(=O)C[C@]12C. The summed E-state index contributed by atoms with van der Waals surface area (Å²) in [5.74, 6) is 0.784. The van der Waals surface area contributed by atoms with Crippen LogP contribution in [0.4, 0.5) is 0 Å². The third-order valence-electron chi connectivity index (χ3n) is 8.49. The summed E-state index contributed by atoms with van der Waals surface area (Å²) in [6.45, 7) is 14.0. The smallest absolute Gasteiger partial charge is 0.261 e. The summed E-state index contributed by atoms with van der Waals surface area (Å²) in [5.41, 5.74) is 0.0692. The van der Waals surface area contributed by atoms with Gasteiger partial charge in [-0.2, -0.15) is 0 Å². The number of Topliss-reactive ketones (excluding diaryl/α,β-unsaturated/α-hetero) is 1. The summed E-state index contributed by atoms with van der Waals surface area (Å²) in [4.78, 5) is 12.4. The molecule has 0 saturated heterocycles. The maximum absolute atomic E-state index is 12.4. The van der Waals surface area contributed by atoms with Crippen molar-refractivity contribution in [2.24, 2.45) is 16.7 Å². The minimum atomic E-state index is -2.57. The lowest BCUT2D eigenvalue weighted by Gasteiger charge is -2.46. The number of hydrogen-bond acceptors (Lipinski definition) is 2. The summed E-state index contributed by atoms with van der Waals surface area (Å²) >= 11 is 0. The van der Waals surface area contributed by atoms with E-state index in [4.69, 9.17) is 4.43 Å². The Morgan fingerprint density at radius 1 is 0.900 bits per heavy atom. The quantitative estimate of drug-likeness (QED) is 0.624. The maximum Gasteiger partial charge on any atom is 0.261 e. The molecule has 0 radical (unpaired) electrons. The second-order valence-electron chi connectivity index (χ2n) is 11.2. The molecule has 2 nitrogen and oxygen atoms in total. The van der Waals surface area contributed by atoms with Crippen LogP contribution in [0.2, 0.25) is 5.04 Å². The van der Waals surface area contributed by atoms with Gasteiger partial charge in [-0.25, -0.2) is 0 Å². The lowest BCUT2D eigenvalue weighted by Crippen LogP contribution is -2.68. The summed E-state index contributed by atoms with van der Waals surface area (Å²) in [6, 6.07) is 21.8. The van der Waals surface area contributed by atoms with E-state index in [1.54, 1.807) is 0 Å². The van der Waals surface area contributed by atoms with Crippen LogP contribution in [0.25, 0.3) is 0 Å². The van der Waals surface area contributed by atoms with E-state index in [2.05, 4.69) is 102 Å². The predicted octanol–water partition coefficient (Wildman–Crippen LogP) is 5.35. The molecule has 3 heteroatoms. The number of carbonyl (C=O) groups is 1. The summed E-state index contributed by atoms with van der Waals surface area (Å²) in [5, 5.41) is 2.64. The Labute approximate surface area is 183 Å². The monoisotopic (exact) mass is 420 g/mol. The zero-order chi connectivity index (χ0) is 21.8. The van der Waals surface area contributed by atoms with E-state index in [1.165, 1.54) is 10.4 Å². The molecule has 0 spiro atoms. The zero-order valence-electron chi connectivity index (χ0n) is 19.4. The second kappa shape index (κ2) is 7.17. The van der Waals surface area contributed by atoms with Crippen molar-refractivity contribution < 1.29 is 9.22 Å². The topological polar surface area (TPSA) is 26.3 Å². The second-order valence-corrected chi connectivity index (χ2v) is 15.4. The summed E-state index contributed by atoms with van der Waals surface area (Å²) in [7, 11) is -2.57. The Bertz CT molecular complexity index is 877. The highest BCUT2D eigenvalue weighted by atomic mass is 28.4. The molecule has 0 amide bonds. The highest BCUT2D eigenvalue weighted by Crippen LogP contribution is 2.65. The molecule has 0 bridgehead atoms. The molecule has 160 valence electrons. The van der Waals surface area contributed by atoms with Gasteiger partial charge in [-0.3, -0.25) is 4.79 Å². The van der Waals surface area contributed by atoms with Gasteiger partial charge >= 0.3 is 0 Å². The Morgan fingerprint density at radius 2 is 1.40 bits per heavy atom. The molecule has 0 N–H and O–H groups in total. The van der Waals surface area contributed by atoms with Gasteiger partial charge in [0.25, 0.3) is 8.32 Å². The lowest BCUT2D eigenvalue weighted by molar-refractivity contribution is -0.118. The van der Waals surface area contributed by atoms with Crippen LogP contribution < -0.4 is 10.4 Å². The van der Waals surface area contributed by atoms with Gasteiger partial charge in [0.2, 0.25) is 0 Å². The van der Waals surface area contributed by atoms with Crippen molar-refractivity contribution in [3.05, 3.63) is 60.7 Å². The molecule has 4 rings (SSSR count). The minimum Gasteiger partial charge on any atom is -0.404 e. The molecule has 2 aliphatic carbocycles. The largest absolute Gasteiger partial charge is 0.404 e. The van der Waals surface area contributed by atoms with Gasteiger partial charge in [-0.15, -0.1) is 0 Å². The first-order valence-electron chi connectivity index (χ1n) is 11.3. The lowest BCUT2D eigenvalue weighted by atomic mass is 9.67. The van der Waals surface area contributed by atoms with E-state index in [0.717, 1.165) is 6.42 Å². The van der Waals surface area contributed by atoms with Gasteiger partial charge in [-0.05, 0) is 38.6 Å². The van der Waals surface area contributed by atoms with Crippen molar-refractivity contribution in [1.29, 1.82) is 0 Å². The van der Waals surface area contributed by atoms with Crippen molar-refractivity contribution in [2.75, 3.05) is 0 Å². The van der Waals surface area contributed by atoms with Gasteiger partial charge in [0.05, 0.1) is 0 Å². The van der Waals surface area contributed by atoms with E-state index in [9.17, 15) is 4.79 Å².